The molecule has 0 aromatic heterocycles. The lowest BCUT2D eigenvalue weighted by atomic mass is 9.95. The number of hydrogen-bond acceptors (Lipinski definition) is 5. The molecule has 2 amide bonds. The van der Waals surface area contributed by atoms with Gasteiger partial charge in [-0.2, -0.15) is 0 Å². The Kier molecular flexibility index (Phi) is 4.74. The van der Waals surface area contributed by atoms with Crippen LogP contribution in [0.2, 0.25) is 0 Å². The Balaban J connectivity index is 1.74. The Bertz CT molecular complexity index is 714. The van der Waals surface area contributed by atoms with Gasteiger partial charge >= 0.3 is 6.09 Å². The van der Waals surface area contributed by atoms with E-state index in [0.717, 1.165) is 17.0 Å². The number of ether oxygens (including phenoxy) is 2. The maximum absolute atomic E-state index is 14.5. The second-order valence-electron chi connectivity index (χ2n) is 6.82. The molecule has 3 rings (SSSR count). The lowest BCUT2D eigenvalue weighted by Crippen LogP contribution is -2.61. The normalized spacial score (nSPS) is 21.4. The fourth-order valence-corrected chi connectivity index (χ4v) is 3.15. The van der Waals surface area contributed by atoms with Crippen LogP contribution in [0, 0.1) is 11.6 Å². The number of carbonyl (C=O) groups excluding carboxylic acids is 2. The van der Waals surface area contributed by atoms with Crippen LogP contribution in [0.25, 0.3) is 0 Å². The van der Waals surface area contributed by atoms with Gasteiger partial charge in [-0.1, -0.05) is 0 Å². The molecule has 1 atom stereocenters. The topological polar surface area (TPSA) is 71.1 Å². The summed E-state index contributed by atoms with van der Waals surface area (Å²) in [7, 11) is 1.56. The van der Waals surface area contributed by atoms with E-state index in [-0.39, 0.29) is 30.4 Å². The first kappa shape index (κ1) is 18.4. The zero-order chi connectivity index (χ0) is 19.1. The standard InChI is InChI=1S/C17H21F2N3O4/c1-10(23)20-6-12-7-22(16(24)26-12)11-4-13(18)15(14(19)5-11)21-8-17(2,9-21)25-3/h4-5,12H,6-9H2,1-3H3,(H,20,23)/t12-/m0/s1. The van der Waals surface area contributed by atoms with Crippen molar-refractivity contribution in [2.75, 3.05) is 43.1 Å². The van der Waals surface area contributed by atoms with Crippen molar-refractivity contribution in [3.63, 3.8) is 0 Å². The zero-order valence-electron chi connectivity index (χ0n) is 14.8. The van der Waals surface area contributed by atoms with Crippen molar-refractivity contribution >= 4 is 23.4 Å². The van der Waals surface area contributed by atoms with Crippen LogP contribution in [0.3, 0.4) is 0 Å². The second kappa shape index (κ2) is 6.71. The lowest BCUT2D eigenvalue weighted by molar-refractivity contribution is -0.119. The Labute approximate surface area is 149 Å². The number of anilines is 2. The minimum absolute atomic E-state index is 0.0779. The Morgan fingerprint density at radius 1 is 1.38 bits per heavy atom. The number of nitrogens with one attached hydrogen (secondary N) is 1. The fraction of sp³-hybridized carbons (Fsp3) is 0.529. The van der Waals surface area contributed by atoms with Crippen LogP contribution in [0.4, 0.5) is 25.0 Å². The summed E-state index contributed by atoms with van der Waals surface area (Å²) in [5.41, 5.74) is -0.479. The number of carbonyl (C=O) groups is 2. The predicted octanol–water partition coefficient (Wildman–Crippen LogP) is 1.65. The molecule has 142 valence electrons. The Morgan fingerprint density at radius 3 is 2.54 bits per heavy atom. The average Bonchev–Trinajstić information content (AvgIpc) is 2.91. The van der Waals surface area contributed by atoms with Crippen LogP contribution in [-0.2, 0) is 14.3 Å². The summed E-state index contributed by atoms with van der Waals surface area (Å²) < 4.78 is 39.4. The number of cyclic esters (lactones) is 1. The van der Waals surface area contributed by atoms with Gasteiger partial charge in [-0.25, -0.2) is 13.6 Å². The van der Waals surface area contributed by atoms with Crippen LogP contribution >= 0.6 is 0 Å². The van der Waals surface area contributed by atoms with Gasteiger partial charge in [0.2, 0.25) is 5.91 Å². The fourth-order valence-electron chi connectivity index (χ4n) is 3.15. The molecule has 9 heteroatoms. The molecular formula is C17H21F2N3O4. The number of rotatable bonds is 5. The lowest BCUT2D eigenvalue weighted by Gasteiger charge is -2.48. The van der Waals surface area contributed by atoms with Crippen LogP contribution in [0.5, 0.6) is 0 Å². The molecule has 0 saturated carbocycles. The molecule has 2 aliphatic rings. The molecule has 2 fully saturated rings. The highest BCUT2D eigenvalue weighted by Gasteiger charge is 2.41. The number of amides is 2. The van der Waals surface area contributed by atoms with Crippen LogP contribution in [0.15, 0.2) is 12.1 Å². The van der Waals surface area contributed by atoms with Gasteiger partial charge in [-0.15, -0.1) is 0 Å². The van der Waals surface area contributed by atoms with E-state index in [4.69, 9.17) is 9.47 Å². The van der Waals surface area contributed by atoms with Gasteiger partial charge in [-0.3, -0.25) is 9.69 Å². The number of methoxy groups -OCH3 is 1. The molecule has 1 aromatic rings. The molecule has 2 heterocycles. The van der Waals surface area contributed by atoms with Crippen molar-refractivity contribution in [1.29, 1.82) is 0 Å². The monoisotopic (exact) mass is 369 g/mol. The second-order valence-corrected chi connectivity index (χ2v) is 6.82. The molecule has 0 aliphatic carbocycles. The highest BCUT2D eigenvalue weighted by Crippen LogP contribution is 2.36. The SMILES string of the molecule is COC1(C)CN(c2c(F)cc(N3C[C@H](CNC(C)=O)OC3=O)cc2F)C1. The van der Waals surface area contributed by atoms with E-state index in [9.17, 15) is 18.4 Å². The van der Waals surface area contributed by atoms with Crippen molar-refractivity contribution < 1.29 is 27.8 Å². The molecular weight excluding hydrogens is 348 g/mol. The van der Waals surface area contributed by atoms with Gasteiger partial charge in [0, 0.05) is 39.3 Å². The summed E-state index contributed by atoms with van der Waals surface area (Å²) in [5, 5.41) is 2.55. The quantitative estimate of drug-likeness (QED) is 0.855. The van der Waals surface area contributed by atoms with E-state index in [0.29, 0.717) is 13.1 Å². The third-order valence-electron chi connectivity index (χ3n) is 4.63. The Hall–Kier alpha value is -2.42. The van der Waals surface area contributed by atoms with Crippen molar-refractivity contribution in [3.05, 3.63) is 23.8 Å². The number of hydrogen-bond donors (Lipinski definition) is 1. The first-order valence-electron chi connectivity index (χ1n) is 8.24. The van der Waals surface area contributed by atoms with Crippen molar-refractivity contribution in [3.8, 4) is 0 Å². The van der Waals surface area contributed by atoms with Crippen molar-refractivity contribution in [2.24, 2.45) is 0 Å². The number of nitrogens with zero attached hydrogens (tertiary/aromatic N) is 2. The smallest absolute Gasteiger partial charge is 0.414 e. The van der Waals surface area contributed by atoms with E-state index in [1.165, 1.54) is 6.92 Å². The molecule has 1 N–H and O–H groups in total. The third kappa shape index (κ3) is 3.44. The molecule has 7 nitrogen and oxygen atoms in total. The van der Waals surface area contributed by atoms with E-state index in [1.54, 1.807) is 12.0 Å². The zero-order valence-corrected chi connectivity index (χ0v) is 14.8. The molecule has 2 saturated heterocycles. The van der Waals surface area contributed by atoms with Gasteiger partial charge in [0.05, 0.1) is 24.4 Å². The van der Waals surface area contributed by atoms with E-state index in [2.05, 4.69) is 5.32 Å². The Morgan fingerprint density at radius 2 is 2.00 bits per heavy atom. The molecule has 2 aliphatic heterocycles. The molecule has 26 heavy (non-hydrogen) atoms. The first-order valence-corrected chi connectivity index (χ1v) is 8.24. The molecule has 0 unspecified atom stereocenters. The molecule has 0 bridgehead atoms. The van der Waals surface area contributed by atoms with Gasteiger partial charge in [0.25, 0.3) is 0 Å². The third-order valence-corrected chi connectivity index (χ3v) is 4.63. The summed E-state index contributed by atoms with van der Waals surface area (Å²) in [6.07, 6.45) is -1.28. The van der Waals surface area contributed by atoms with E-state index < -0.39 is 29.4 Å². The van der Waals surface area contributed by atoms with Gasteiger partial charge in [-0.05, 0) is 6.92 Å². The summed E-state index contributed by atoms with van der Waals surface area (Å²) in [5.74, 6) is -1.76. The number of halogens is 2. The maximum atomic E-state index is 14.5. The molecule has 0 radical (unpaired) electrons. The van der Waals surface area contributed by atoms with Crippen molar-refractivity contribution in [1.82, 2.24) is 5.32 Å². The van der Waals surface area contributed by atoms with Gasteiger partial charge in [0.15, 0.2) is 11.6 Å². The van der Waals surface area contributed by atoms with E-state index >= 15 is 0 Å². The minimum Gasteiger partial charge on any atom is -0.442 e. The minimum atomic E-state index is -0.753. The largest absolute Gasteiger partial charge is 0.442 e. The van der Waals surface area contributed by atoms with Crippen molar-refractivity contribution in [2.45, 2.75) is 25.6 Å². The van der Waals surface area contributed by atoms with Crippen LogP contribution < -0.4 is 15.1 Å². The maximum Gasteiger partial charge on any atom is 0.414 e. The summed E-state index contributed by atoms with van der Waals surface area (Å²) in [6.45, 7) is 4.21. The summed E-state index contributed by atoms with van der Waals surface area (Å²) in [4.78, 5) is 25.6. The summed E-state index contributed by atoms with van der Waals surface area (Å²) >= 11 is 0. The summed E-state index contributed by atoms with van der Waals surface area (Å²) in [6, 6.07) is 2.23. The average molecular weight is 369 g/mol. The van der Waals surface area contributed by atoms with Crippen LogP contribution in [-0.4, -0.2) is 57.0 Å². The van der Waals surface area contributed by atoms with Crippen LogP contribution in [0.1, 0.15) is 13.8 Å². The van der Waals surface area contributed by atoms with E-state index in [1.807, 2.05) is 6.92 Å². The highest BCUT2D eigenvalue weighted by atomic mass is 19.1. The molecule has 1 aromatic carbocycles. The first-order chi connectivity index (χ1) is 12.2. The molecule has 0 spiro atoms. The number of benzene rings is 1. The van der Waals surface area contributed by atoms with Gasteiger partial charge < -0.3 is 19.7 Å². The highest BCUT2D eigenvalue weighted by molar-refractivity contribution is 5.90. The van der Waals surface area contributed by atoms with Gasteiger partial charge in [0.1, 0.15) is 11.8 Å². The predicted molar refractivity (Wildman–Crippen MR) is 90.3 cm³/mol.